The highest BCUT2D eigenvalue weighted by Gasteiger charge is 2.27. The Bertz CT molecular complexity index is 167. The highest BCUT2D eigenvalue weighted by Crippen LogP contribution is 2.22. The molecule has 0 aliphatic carbocycles. The van der Waals surface area contributed by atoms with E-state index >= 15 is 0 Å². The van der Waals surface area contributed by atoms with Crippen molar-refractivity contribution in [2.24, 2.45) is 11.7 Å². The summed E-state index contributed by atoms with van der Waals surface area (Å²) in [7, 11) is 0. The summed E-state index contributed by atoms with van der Waals surface area (Å²) in [5.41, 5.74) is 5.23. The van der Waals surface area contributed by atoms with Crippen LogP contribution in [0.15, 0.2) is 0 Å². The zero-order valence-electron chi connectivity index (χ0n) is 7.53. The summed E-state index contributed by atoms with van der Waals surface area (Å²) in [6.07, 6.45) is -5.54. The van der Waals surface area contributed by atoms with Gasteiger partial charge in [-0.1, -0.05) is 6.92 Å². The molecule has 78 valence electrons. The van der Waals surface area contributed by atoms with Gasteiger partial charge in [0.05, 0.1) is 6.42 Å². The molecule has 0 aromatic carbocycles. The molecule has 0 aromatic heterocycles. The number of carbonyl (C=O) groups excluding carboxylic acids is 1. The molecule has 1 unspecified atom stereocenters. The summed E-state index contributed by atoms with van der Waals surface area (Å²) in [4.78, 5) is 10.9. The third kappa shape index (κ3) is 7.77. The molecule has 2 N–H and O–H groups in total. The van der Waals surface area contributed by atoms with Gasteiger partial charge in [0.2, 0.25) is 0 Å². The molecule has 0 saturated heterocycles. The van der Waals surface area contributed by atoms with E-state index in [9.17, 15) is 18.0 Å². The smallest absolute Gasteiger partial charge is 0.330 e. The van der Waals surface area contributed by atoms with Crippen LogP contribution in [0.1, 0.15) is 26.2 Å². The van der Waals surface area contributed by atoms with Gasteiger partial charge in [0.1, 0.15) is 5.78 Å². The highest BCUT2D eigenvalue weighted by atomic mass is 19.4. The Balaban J connectivity index is 3.64. The molecule has 0 radical (unpaired) electrons. The van der Waals surface area contributed by atoms with Gasteiger partial charge in [-0.25, -0.2) is 0 Å². The highest BCUT2D eigenvalue weighted by molar-refractivity contribution is 5.78. The minimum atomic E-state index is -4.23. The fraction of sp³-hybridized carbons (Fsp3) is 0.875. The van der Waals surface area contributed by atoms with Gasteiger partial charge in [-0.2, -0.15) is 13.2 Å². The van der Waals surface area contributed by atoms with Gasteiger partial charge in [0, 0.05) is 12.8 Å². The van der Waals surface area contributed by atoms with Crippen LogP contribution in [0.5, 0.6) is 0 Å². The van der Waals surface area contributed by atoms with E-state index in [0.717, 1.165) is 0 Å². The third-order valence-corrected chi connectivity index (χ3v) is 1.67. The van der Waals surface area contributed by atoms with E-state index < -0.39 is 19.0 Å². The van der Waals surface area contributed by atoms with Gasteiger partial charge in [-0.3, -0.25) is 4.79 Å². The Hall–Kier alpha value is -0.580. The monoisotopic (exact) mass is 197 g/mol. The number of Topliss-reactive ketones (excluding diaryl/α,β-unsaturated/α-hetero) is 1. The quantitative estimate of drug-likeness (QED) is 0.731. The lowest BCUT2D eigenvalue weighted by atomic mass is 10.0. The summed E-state index contributed by atoms with van der Waals surface area (Å²) in [6.45, 7) is 2.07. The number of nitrogens with two attached hydrogens (primary N) is 1. The summed E-state index contributed by atoms with van der Waals surface area (Å²) in [6, 6.07) is 0. The third-order valence-electron chi connectivity index (χ3n) is 1.67. The second-order valence-electron chi connectivity index (χ2n) is 3.20. The molecule has 1 atom stereocenters. The minimum Gasteiger partial charge on any atom is -0.330 e. The van der Waals surface area contributed by atoms with Crippen LogP contribution >= 0.6 is 0 Å². The number of rotatable bonds is 5. The Morgan fingerprint density at radius 3 is 2.38 bits per heavy atom. The standard InChI is InChI=1S/C8H14F3NO/c1-6(5-12)4-7(13)2-3-8(9,10)11/h6H,2-5,12H2,1H3. The van der Waals surface area contributed by atoms with Crippen molar-refractivity contribution in [3.05, 3.63) is 0 Å². The minimum absolute atomic E-state index is 0.0271. The molecular weight excluding hydrogens is 183 g/mol. The number of carbonyl (C=O) groups is 1. The second kappa shape index (κ2) is 5.21. The number of hydrogen-bond donors (Lipinski definition) is 1. The van der Waals surface area contributed by atoms with Crippen molar-refractivity contribution in [3.8, 4) is 0 Å². The van der Waals surface area contributed by atoms with Crippen molar-refractivity contribution >= 4 is 5.78 Å². The SMILES string of the molecule is CC(CN)CC(=O)CCC(F)(F)F. The molecule has 0 fully saturated rings. The molecule has 0 aromatic rings. The molecule has 0 amide bonds. The van der Waals surface area contributed by atoms with E-state index in [0.29, 0.717) is 6.54 Å². The van der Waals surface area contributed by atoms with E-state index in [1.807, 2.05) is 0 Å². The van der Waals surface area contributed by atoms with Gasteiger partial charge < -0.3 is 5.73 Å². The van der Waals surface area contributed by atoms with Crippen molar-refractivity contribution in [1.29, 1.82) is 0 Å². The number of alkyl halides is 3. The first-order valence-corrected chi connectivity index (χ1v) is 4.13. The van der Waals surface area contributed by atoms with E-state index in [2.05, 4.69) is 0 Å². The van der Waals surface area contributed by atoms with Crippen LogP contribution < -0.4 is 5.73 Å². The van der Waals surface area contributed by atoms with Gasteiger partial charge in [0.25, 0.3) is 0 Å². The van der Waals surface area contributed by atoms with Crippen molar-refractivity contribution < 1.29 is 18.0 Å². The van der Waals surface area contributed by atoms with E-state index in [-0.39, 0.29) is 18.1 Å². The summed E-state index contributed by atoms with van der Waals surface area (Å²) >= 11 is 0. The van der Waals surface area contributed by atoms with Crippen LogP contribution in [0.3, 0.4) is 0 Å². The van der Waals surface area contributed by atoms with E-state index in [1.165, 1.54) is 0 Å². The zero-order valence-corrected chi connectivity index (χ0v) is 7.53. The topological polar surface area (TPSA) is 43.1 Å². The Kier molecular flexibility index (Phi) is 4.98. The molecule has 13 heavy (non-hydrogen) atoms. The lowest BCUT2D eigenvalue weighted by Gasteiger charge is -2.08. The number of halogens is 3. The number of hydrogen-bond acceptors (Lipinski definition) is 2. The van der Waals surface area contributed by atoms with Crippen LogP contribution in [0, 0.1) is 5.92 Å². The fourth-order valence-electron chi connectivity index (χ4n) is 0.855. The fourth-order valence-corrected chi connectivity index (χ4v) is 0.855. The zero-order chi connectivity index (χ0) is 10.5. The van der Waals surface area contributed by atoms with Crippen LogP contribution in [-0.2, 0) is 4.79 Å². The second-order valence-corrected chi connectivity index (χ2v) is 3.20. The first kappa shape index (κ1) is 12.4. The molecule has 0 aliphatic heterocycles. The average Bonchev–Trinajstić information content (AvgIpc) is 1.99. The van der Waals surface area contributed by atoms with Crippen LogP contribution in [0.2, 0.25) is 0 Å². The molecule has 0 rings (SSSR count). The maximum absolute atomic E-state index is 11.7. The van der Waals surface area contributed by atoms with E-state index in [4.69, 9.17) is 5.73 Å². The lowest BCUT2D eigenvalue weighted by molar-refractivity contribution is -0.143. The predicted molar refractivity (Wildman–Crippen MR) is 43.1 cm³/mol. The Morgan fingerprint density at radius 2 is 2.00 bits per heavy atom. The summed E-state index contributed by atoms with van der Waals surface area (Å²) in [5, 5.41) is 0. The molecule has 0 bridgehead atoms. The van der Waals surface area contributed by atoms with E-state index in [1.54, 1.807) is 6.92 Å². The Morgan fingerprint density at radius 1 is 1.46 bits per heavy atom. The van der Waals surface area contributed by atoms with Crippen LogP contribution in [0.25, 0.3) is 0 Å². The molecule has 0 saturated carbocycles. The average molecular weight is 197 g/mol. The molecule has 5 heteroatoms. The largest absolute Gasteiger partial charge is 0.389 e. The maximum Gasteiger partial charge on any atom is 0.389 e. The molecule has 0 spiro atoms. The van der Waals surface area contributed by atoms with Crippen molar-refractivity contribution in [2.45, 2.75) is 32.4 Å². The molecule has 0 heterocycles. The normalized spacial score (nSPS) is 14.2. The van der Waals surface area contributed by atoms with Crippen molar-refractivity contribution in [1.82, 2.24) is 0 Å². The maximum atomic E-state index is 11.7. The van der Waals surface area contributed by atoms with Gasteiger partial charge in [-0.05, 0) is 12.5 Å². The Labute approximate surface area is 75.3 Å². The molecule has 2 nitrogen and oxygen atoms in total. The first-order chi connectivity index (χ1) is 5.85. The van der Waals surface area contributed by atoms with Crippen LogP contribution in [-0.4, -0.2) is 18.5 Å². The summed E-state index contributed by atoms with van der Waals surface area (Å²) < 4.78 is 35.0. The van der Waals surface area contributed by atoms with Crippen LogP contribution in [0.4, 0.5) is 13.2 Å². The predicted octanol–water partition coefficient (Wildman–Crippen LogP) is 1.88. The summed E-state index contributed by atoms with van der Waals surface area (Å²) in [5.74, 6) is -0.393. The van der Waals surface area contributed by atoms with Crippen molar-refractivity contribution in [3.63, 3.8) is 0 Å². The van der Waals surface area contributed by atoms with Gasteiger partial charge in [-0.15, -0.1) is 0 Å². The first-order valence-electron chi connectivity index (χ1n) is 4.13. The van der Waals surface area contributed by atoms with Gasteiger partial charge in [0.15, 0.2) is 0 Å². The van der Waals surface area contributed by atoms with Gasteiger partial charge >= 0.3 is 6.18 Å². The lowest BCUT2D eigenvalue weighted by Crippen LogP contribution is -2.17. The number of ketones is 1. The molecule has 0 aliphatic rings. The molecular formula is C8H14F3NO. The van der Waals surface area contributed by atoms with Crippen molar-refractivity contribution in [2.75, 3.05) is 6.54 Å².